The van der Waals surface area contributed by atoms with Gasteiger partial charge in [0.2, 0.25) is 0 Å². The number of hydrogen-bond acceptors (Lipinski definition) is 3. The van der Waals surface area contributed by atoms with Gasteiger partial charge in [0.15, 0.2) is 11.3 Å². The summed E-state index contributed by atoms with van der Waals surface area (Å²) in [5.41, 5.74) is -1.02. The Morgan fingerprint density at radius 2 is 1.43 bits per heavy atom. The second-order valence-electron chi connectivity index (χ2n) is 6.34. The fraction of sp³-hybridized carbons (Fsp3) is 0.150. The highest BCUT2D eigenvalue weighted by Crippen LogP contribution is 2.33. The lowest BCUT2D eigenvalue weighted by atomic mass is 10.2. The van der Waals surface area contributed by atoms with Gasteiger partial charge in [0.25, 0.3) is 0 Å². The van der Waals surface area contributed by atoms with Gasteiger partial charge in [0.05, 0.1) is 19.4 Å². The fourth-order valence-corrected chi connectivity index (χ4v) is 3.13. The molecule has 0 saturated carbocycles. The molecular formula is C20H15F3N4O. The number of alkyl halides is 3. The fourth-order valence-electron chi connectivity index (χ4n) is 3.13. The summed E-state index contributed by atoms with van der Waals surface area (Å²) in [7, 11) is 0. The molecular weight excluding hydrogens is 369 g/mol. The van der Waals surface area contributed by atoms with Crippen molar-refractivity contribution in [1.82, 2.24) is 19.1 Å². The molecule has 0 aliphatic carbocycles. The van der Waals surface area contributed by atoms with Crippen molar-refractivity contribution < 1.29 is 13.2 Å². The Kier molecular flexibility index (Phi) is 4.46. The van der Waals surface area contributed by atoms with Crippen LogP contribution in [0.5, 0.6) is 0 Å². The van der Waals surface area contributed by atoms with Crippen LogP contribution in [0.3, 0.4) is 0 Å². The van der Waals surface area contributed by atoms with Crippen molar-refractivity contribution in [2.24, 2.45) is 0 Å². The topological polar surface area (TPSA) is 52.7 Å². The number of nitrogens with zero attached hydrogens (tertiary/aromatic N) is 4. The maximum atomic E-state index is 13.9. The number of imidazole rings is 1. The lowest BCUT2D eigenvalue weighted by Crippen LogP contribution is -2.31. The minimum Gasteiger partial charge on any atom is -0.311 e. The molecule has 0 N–H and O–H groups in total. The Morgan fingerprint density at radius 1 is 0.857 bits per heavy atom. The molecule has 2 heterocycles. The van der Waals surface area contributed by atoms with Crippen molar-refractivity contribution in [3.63, 3.8) is 0 Å². The molecule has 0 fully saturated rings. The van der Waals surface area contributed by atoms with E-state index in [1.165, 1.54) is 10.9 Å². The zero-order valence-corrected chi connectivity index (χ0v) is 14.6. The Morgan fingerprint density at radius 3 is 2.00 bits per heavy atom. The maximum Gasteiger partial charge on any atom is 0.433 e. The minimum atomic E-state index is -4.75. The molecule has 0 saturated heterocycles. The van der Waals surface area contributed by atoms with Crippen molar-refractivity contribution in [2.75, 3.05) is 0 Å². The number of rotatable bonds is 4. The van der Waals surface area contributed by atoms with Crippen molar-refractivity contribution >= 4 is 11.2 Å². The number of benzene rings is 2. The average molecular weight is 384 g/mol. The molecule has 0 amide bonds. The van der Waals surface area contributed by atoms with Gasteiger partial charge in [-0.3, -0.25) is 4.57 Å². The first kappa shape index (κ1) is 18.0. The molecule has 4 aromatic rings. The van der Waals surface area contributed by atoms with Gasteiger partial charge in [-0.15, -0.1) is 0 Å². The second kappa shape index (κ2) is 6.95. The molecule has 0 spiro atoms. The van der Waals surface area contributed by atoms with Crippen molar-refractivity contribution in [3.05, 3.63) is 94.3 Å². The lowest BCUT2D eigenvalue weighted by Gasteiger charge is -2.15. The zero-order chi connectivity index (χ0) is 19.7. The predicted molar refractivity (Wildman–Crippen MR) is 97.9 cm³/mol. The van der Waals surface area contributed by atoms with E-state index in [2.05, 4.69) is 9.97 Å². The summed E-state index contributed by atoms with van der Waals surface area (Å²) in [6, 6.07) is 17.7. The van der Waals surface area contributed by atoms with Crippen LogP contribution in [0.25, 0.3) is 11.2 Å². The monoisotopic (exact) mass is 384 g/mol. The summed E-state index contributed by atoms with van der Waals surface area (Å²) in [4.78, 5) is 20.4. The first-order valence-electron chi connectivity index (χ1n) is 8.54. The normalized spacial score (nSPS) is 11.8. The van der Waals surface area contributed by atoms with Crippen LogP contribution in [-0.2, 0) is 19.3 Å². The molecule has 2 aromatic heterocycles. The molecule has 0 aliphatic heterocycles. The quantitative estimate of drug-likeness (QED) is 0.539. The molecule has 4 rings (SSSR count). The predicted octanol–water partition coefficient (Wildman–Crippen LogP) is 3.71. The number of hydrogen-bond donors (Lipinski definition) is 0. The van der Waals surface area contributed by atoms with E-state index in [0.717, 1.165) is 5.56 Å². The molecule has 8 heteroatoms. The van der Waals surface area contributed by atoms with Gasteiger partial charge in [-0.2, -0.15) is 18.2 Å². The third kappa shape index (κ3) is 3.40. The summed E-state index contributed by atoms with van der Waals surface area (Å²) >= 11 is 0. The molecule has 0 atom stereocenters. The van der Waals surface area contributed by atoms with Crippen LogP contribution in [0, 0.1) is 0 Å². The van der Waals surface area contributed by atoms with E-state index in [0.29, 0.717) is 10.1 Å². The molecule has 0 radical (unpaired) electrons. The summed E-state index contributed by atoms with van der Waals surface area (Å²) in [5.74, 6) is 0. The smallest absolute Gasteiger partial charge is 0.311 e. The van der Waals surface area contributed by atoms with E-state index < -0.39 is 17.6 Å². The van der Waals surface area contributed by atoms with E-state index in [1.54, 1.807) is 30.3 Å². The highest BCUT2D eigenvalue weighted by Gasteiger charge is 2.38. The SMILES string of the molecule is O=c1nc2c(ncn2Cc2ccccc2)c(C(F)(F)F)n1Cc1ccccc1. The summed E-state index contributed by atoms with van der Waals surface area (Å²) in [6.45, 7) is 0.0345. The van der Waals surface area contributed by atoms with E-state index in [1.807, 2.05) is 30.3 Å². The van der Waals surface area contributed by atoms with Crippen LogP contribution >= 0.6 is 0 Å². The number of aromatic nitrogens is 4. The van der Waals surface area contributed by atoms with Crippen LogP contribution < -0.4 is 5.69 Å². The first-order valence-corrected chi connectivity index (χ1v) is 8.54. The van der Waals surface area contributed by atoms with E-state index in [4.69, 9.17) is 0 Å². The van der Waals surface area contributed by atoms with E-state index >= 15 is 0 Å². The second-order valence-corrected chi connectivity index (χ2v) is 6.34. The van der Waals surface area contributed by atoms with Gasteiger partial charge in [0, 0.05) is 0 Å². The van der Waals surface area contributed by atoms with Crippen LogP contribution in [-0.4, -0.2) is 19.1 Å². The summed E-state index contributed by atoms with van der Waals surface area (Å²) < 4.78 is 43.7. The van der Waals surface area contributed by atoms with Crippen molar-refractivity contribution in [2.45, 2.75) is 19.3 Å². The van der Waals surface area contributed by atoms with Gasteiger partial charge in [-0.05, 0) is 11.1 Å². The Labute approximate surface area is 157 Å². The first-order chi connectivity index (χ1) is 13.4. The van der Waals surface area contributed by atoms with Crippen molar-refractivity contribution in [3.8, 4) is 0 Å². The van der Waals surface area contributed by atoms with Crippen LogP contribution in [0.4, 0.5) is 13.2 Å². The maximum absolute atomic E-state index is 13.9. The molecule has 142 valence electrons. The van der Waals surface area contributed by atoms with Gasteiger partial charge < -0.3 is 4.57 Å². The summed E-state index contributed by atoms with van der Waals surface area (Å²) in [6.07, 6.45) is -3.47. The molecule has 0 unspecified atom stereocenters. The third-order valence-corrected chi connectivity index (χ3v) is 4.38. The summed E-state index contributed by atoms with van der Waals surface area (Å²) in [5, 5.41) is 0. The molecule has 0 bridgehead atoms. The molecule has 28 heavy (non-hydrogen) atoms. The molecule has 0 aliphatic rings. The average Bonchev–Trinajstić information content (AvgIpc) is 3.05. The molecule has 2 aromatic carbocycles. The van der Waals surface area contributed by atoms with Crippen LogP contribution in [0.1, 0.15) is 16.8 Å². The highest BCUT2D eigenvalue weighted by molar-refractivity contribution is 5.74. The zero-order valence-electron chi connectivity index (χ0n) is 14.6. The van der Waals surface area contributed by atoms with Crippen LogP contribution in [0.15, 0.2) is 71.8 Å². The number of fused-ring (bicyclic) bond motifs is 1. The lowest BCUT2D eigenvalue weighted by molar-refractivity contribution is -0.142. The minimum absolute atomic E-state index is 0.0783. The van der Waals surface area contributed by atoms with Crippen molar-refractivity contribution in [1.29, 1.82) is 0 Å². The van der Waals surface area contributed by atoms with Crippen LogP contribution in [0.2, 0.25) is 0 Å². The third-order valence-electron chi connectivity index (χ3n) is 4.38. The largest absolute Gasteiger partial charge is 0.433 e. The van der Waals surface area contributed by atoms with Gasteiger partial charge in [-0.1, -0.05) is 60.7 Å². The standard InChI is InChI=1S/C20H15F3N4O/c21-20(22,23)17-16-18(26(13-24-16)11-14-7-3-1-4-8-14)25-19(28)27(17)12-15-9-5-2-6-10-15/h1-10,13H,11-12H2. The molecule has 5 nitrogen and oxygen atoms in total. The number of halogens is 3. The van der Waals surface area contributed by atoms with E-state index in [-0.39, 0.29) is 24.3 Å². The highest BCUT2D eigenvalue weighted by atomic mass is 19.4. The van der Waals surface area contributed by atoms with Gasteiger partial charge in [-0.25, -0.2) is 9.78 Å². The van der Waals surface area contributed by atoms with Gasteiger partial charge >= 0.3 is 11.9 Å². The Balaban J connectivity index is 1.87. The Bertz CT molecular complexity index is 1170. The van der Waals surface area contributed by atoms with E-state index in [9.17, 15) is 18.0 Å². The Hall–Kier alpha value is -3.42. The van der Waals surface area contributed by atoms with Gasteiger partial charge in [0.1, 0.15) is 5.52 Å².